The maximum absolute atomic E-state index is 13.9. The molecular weight excluding hydrogens is 597 g/mol. The zero-order chi connectivity index (χ0) is 30.9. The number of nitrogens with one attached hydrogen (secondary N) is 1. The van der Waals surface area contributed by atoms with Gasteiger partial charge in [0.05, 0.1) is 11.9 Å². The third kappa shape index (κ3) is 9.11. The number of anilines is 1. The first-order chi connectivity index (χ1) is 19.9. The Morgan fingerprint density at radius 1 is 0.905 bits per heavy atom. The fraction of sp³-hybridized carbons (Fsp3) is 0.355. The highest BCUT2D eigenvalue weighted by molar-refractivity contribution is 7.92. The summed E-state index contributed by atoms with van der Waals surface area (Å²) in [5.74, 6) is -0.369. The molecule has 2 amide bonds. The second kappa shape index (κ2) is 15.3. The van der Waals surface area contributed by atoms with Crippen molar-refractivity contribution in [1.29, 1.82) is 0 Å². The van der Waals surface area contributed by atoms with E-state index in [4.69, 9.17) is 27.9 Å². The molecule has 3 aromatic rings. The van der Waals surface area contributed by atoms with Crippen molar-refractivity contribution < 1.29 is 22.7 Å². The minimum atomic E-state index is -3.89. The average Bonchev–Trinajstić information content (AvgIpc) is 2.96. The van der Waals surface area contributed by atoms with Gasteiger partial charge in [-0.15, -0.1) is 0 Å². The lowest BCUT2D eigenvalue weighted by atomic mass is 10.1. The second-order valence-corrected chi connectivity index (χ2v) is 12.7. The van der Waals surface area contributed by atoms with Crippen molar-refractivity contribution in [2.75, 3.05) is 17.1 Å². The summed E-state index contributed by atoms with van der Waals surface area (Å²) in [5, 5.41) is 3.60. The number of nitrogens with zero attached hydrogens (tertiary/aromatic N) is 2. The van der Waals surface area contributed by atoms with E-state index < -0.39 is 28.5 Å². The number of rotatable bonds is 14. The zero-order valence-electron chi connectivity index (χ0n) is 24.2. The summed E-state index contributed by atoms with van der Waals surface area (Å²) in [5.41, 5.74) is 1.74. The van der Waals surface area contributed by atoms with E-state index in [9.17, 15) is 18.0 Å². The molecule has 2 atom stereocenters. The first kappa shape index (κ1) is 33.2. The van der Waals surface area contributed by atoms with E-state index in [0.29, 0.717) is 40.8 Å². The quantitative estimate of drug-likeness (QED) is 0.233. The summed E-state index contributed by atoms with van der Waals surface area (Å²) in [4.78, 5) is 28.6. The minimum Gasteiger partial charge on any atom is -0.489 e. The fourth-order valence-corrected chi connectivity index (χ4v) is 5.64. The van der Waals surface area contributed by atoms with Crippen LogP contribution in [0.1, 0.15) is 44.7 Å². The number of halogens is 2. The van der Waals surface area contributed by atoms with Crippen molar-refractivity contribution in [3.05, 3.63) is 94.0 Å². The van der Waals surface area contributed by atoms with Crippen LogP contribution in [0.25, 0.3) is 0 Å². The van der Waals surface area contributed by atoms with Crippen LogP contribution in [0.3, 0.4) is 0 Å². The maximum Gasteiger partial charge on any atom is 0.244 e. The zero-order valence-corrected chi connectivity index (χ0v) is 26.5. The molecule has 226 valence electrons. The highest BCUT2D eigenvalue weighted by atomic mass is 35.5. The summed E-state index contributed by atoms with van der Waals surface area (Å²) < 4.78 is 32.7. The van der Waals surface area contributed by atoms with Crippen LogP contribution >= 0.6 is 23.2 Å². The number of hydrogen-bond acceptors (Lipinski definition) is 5. The first-order valence-electron chi connectivity index (χ1n) is 13.7. The first-order valence-corrected chi connectivity index (χ1v) is 16.3. The lowest BCUT2D eigenvalue weighted by molar-refractivity contribution is -0.140. The number of carbonyl (C=O) groups excluding carboxylic acids is 2. The highest BCUT2D eigenvalue weighted by Crippen LogP contribution is 2.28. The van der Waals surface area contributed by atoms with Crippen LogP contribution in [0.4, 0.5) is 5.69 Å². The van der Waals surface area contributed by atoms with Gasteiger partial charge in [0.25, 0.3) is 0 Å². The van der Waals surface area contributed by atoms with Gasteiger partial charge in [0.2, 0.25) is 21.8 Å². The van der Waals surface area contributed by atoms with Gasteiger partial charge in [-0.1, -0.05) is 73.4 Å². The van der Waals surface area contributed by atoms with Crippen molar-refractivity contribution in [2.24, 2.45) is 0 Å². The number of benzene rings is 3. The molecule has 0 bridgehead atoms. The van der Waals surface area contributed by atoms with E-state index in [-0.39, 0.29) is 24.2 Å². The summed E-state index contributed by atoms with van der Waals surface area (Å²) >= 11 is 12.9. The van der Waals surface area contributed by atoms with Gasteiger partial charge in [0.1, 0.15) is 24.9 Å². The van der Waals surface area contributed by atoms with E-state index >= 15 is 0 Å². The third-order valence-electron chi connectivity index (χ3n) is 6.83. The molecule has 0 saturated carbocycles. The molecule has 11 heteroatoms. The molecule has 42 heavy (non-hydrogen) atoms. The van der Waals surface area contributed by atoms with Gasteiger partial charge in [-0.2, -0.15) is 0 Å². The normalized spacial score (nSPS) is 12.7. The lowest BCUT2D eigenvalue weighted by Crippen LogP contribution is -2.53. The molecule has 3 rings (SSSR count). The molecule has 8 nitrogen and oxygen atoms in total. The van der Waals surface area contributed by atoms with Gasteiger partial charge in [-0.05, 0) is 61.7 Å². The standard InChI is InChI=1S/C31H37Cl2N3O5S/c1-5-22(3)34-31(38)29(6-2)35(19-26-27(32)13-10-14-28(26)33)30(37)20-36(42(4,39)40)24-15-17-25(18-16-24)41-21-23-11-8-7-9-12-23/h7-18,22,29H,5-6,19-21H2,1-4H3,(H,34,38)/t22-,29-/m1/s1. The molecular formula is C31H37Cl2N3O5S. The highest BCUT2D eigenvalue weighted by Gasteiger charge is 2.33. The molecule has 0 radical (unpaired) electrons. The Kier molecular flexibility index (Phi) is 12.1. The molecule has 0 heterocycles. The molecule has 0 fully saturated rings. The van der Waals surface area contributed by atoms with Gasteiger partial charge in [-0.25, -0.2) is 8.42 Å². The third-order valence-corrected chi connectivity index (χ3v) is 8.68. The Bertz CT molecular complexity index is 1430. The Balaban J connectivity index is 1.89. The summed E-state index contributed by atoms with van der Waals surface area (Å²) in [7, 11) is -3.89. The Hall–Kier alpha value is -3.27. The summed E-state index contributed by atoms with van der Waals surface area (Å²) in [6.07, 6.45) is 2.03. The van der Waals surface area contributed by atoms with Crippen LogP contribution in [0.2, 0.25) is 10.0 Å². The van der Waals surface area contributed by atoms with Crippen molar-refractivity contribution in [3.8, 4) is 5.75 Å². The lowest BCUT2D eigenvalue weighted by Gasteiger charge is -2.33. The molecule has 3 aromatic carbocycles. The topological polar surface area (TPSA) is 96.0 Å². The molecule has 0 saturated heterocycles. The van der Waals surface area contributed by atoms with E-state index in [1.54, 1.807) is 49.4 Å². The van der Waals surface area contributed by atoms with Gasteiger partial charge >= 0.3 is 0 Å². The van der Waals surface area contributed by atoms with Crippen LogP contribution in [0.5, 0.6) is 5.75 Å². The van der Waals surface area contributed by atoms with Gasteiger partial charge in [-0.3, -0.25) is 13.9 Å². The van der Waals surface area contributed by atoms with E-state index in [0.717, 1.165) is 16.1 Å². The SMILES string of the molecule is CC[C@@H](C)NC(=O)[C@@H](CC)N(Cc1c(Cl)cccc1Cl)C(=O)CN(c1ccc(OCc2ccccc2)cc1)S(C)(=O)=O. The Morgan fingerprint density at radius 2 is 1.52 bits per heavy atom. The monoisotopic (exact) mass is 633 g/mol. The average molecular weight is 635 g/mol. The summed E-state index contributed by atoms with van der Waals surface area (Å²) in [6, 6.07) is 20.1. The molecule has 0 unspecified atom stereocenters. The predicted octanol–water partition coefficient (Wildman–Crippen LogP) is 6.06. The second-order valence-electron chi connectivity index (χ2n) is 10.0. The van der Waals surface area contributed by atoms with Gasteiger partial charge < -0.3 is 15.0 Å². The van der Waals surface area contributed by atoms with Crippen LogP contribution in [0, 0.1) is 0 Å². The fourth-order valence-electron chi connectivity index (χ4n) is 4.28. The van der Waals surface area contributed by atoms with Gasteiger partial charge in [0, 0.05) is 28.2 Å². The smallest absolute Gasteiger partial charge is 0.244 e. The van der Waals surface area contributed by atoms with Crippen molar-refractivity contribution in [1.82, 2.24) is 10.2 Å². The van der Waals surface area contributed by atoms with Crippen molar-refractivity contribution in [2.45, 2.75) is 58.8 Å². The van der Waals surface area contributed by atoms with Crippen LogP contribution in [-0.2, 0) is 32.8 Å². The largest absolute Gasteiger partial charge is 0.489 e. The molecule has 0 aromatic heterocycles. The molecule has 0 aliphatic heterocycles. The predicted molar refractivity (Wildman–Crippen MR) is 168 cm³/mol. The minimum absolute atomic E-state index is 0.0758. The van der Waals surface area contributed by atoms with Crippen LogP contribution < -0.4 is 14.4 Å². The van der Waals surface area contributed by atoms with Crippen molar-refractivity contribution >= 4 is 50.7 Å². The van der Waals surface area contributed by atoms with Crippen molar-refractivity contribution in [3.63, 3.8) is 0 Å². The number of ether oxygens (including phenoxy) is 1. The number of amides is 2. The number of carbonyl (C=O) groups is 2. The Labute approximate surface area is 258 Å². The molecule has 0 aliphatic carbocycles. The molecule has 0 spiro atoms. The molecule has 0 aliphatic rings. The van der Waals surface area contributed by atoms with E-state index in [2.05, 4.69) is 5.32 Å². The number of sulfonamides is 1. The number of hydrogen-bond donors (Lipinski definition) is 1. The van der Waals surface area contributed by atoms with E-state index in [1.165, 1.54) is 4.90 Å². The van der Waals surface area contributed by atoms with Crippen LogP contribution in [-0.4, -0.2) is 50.0 Å². The Morgan fingerprint density at radius 3 is 2.07 bits per heavy atom. The maximum atomic E-state index is 13.9. The van der Waals surface area contributed by atoms with E-state index in [1.807, 2.05) is 44.2 Å². The van der Waals surface area contributed by atoms with Gasteiger partial charge in [0.15, 0.2) is 0 Å². The summed E-state index contributed by atoms with van der Waals surface area (Å²) in [6.45, 7) is 5.36. The molecule has 1 N–H and O–H groups in total. The van der Waals surface area contributed by atoms with Crippen LogP contribution in [0.15, 0.2) is 72.8 Å².